The third-order valence-corrected chi connectivity index (χ3v) is 5.09. The zero-order chi connectivity index (χ0) is 12.9. The molecule has 6 heteroatoms. The fraction of sp³-hybridized carbons (Fsp3) is 0.909. The fourth-order valence-electron chi connectivity index (χ4n) is 2.33. The highest BCUT2D eigenvalue weighted by molar-refractivity contribution is 7.92. The molecule has 3 N–H and O–H groups in total. The van der Waals surface area contributed by atoms with Gasteiger partial charge in [-0.3, -0.25) is 0 Å². The van der Waals surface area contributed by atoms with Gasteiger partial charge in [0.15, 0.2) is 0 Å². The number of rotatable bonds is 6. The molecule has 1 aliphatic rings. The molecule has 0 bridgehead atoms. The van der Waals surface area contributed by atoms with Crippen LogP contribution in [0.2, 0.25) is 0 Å². The van der Waals surface area contributed by atoms with E-state index in [4.69, 9.17) is 5.73 Å². The summed E-state index contributed by atoms with van der Waals surface area (Å²) in [5.74, 6) is 1.06. The zero-order valence-corrected chi connectivity index (χ0v) is 11.9. The van der Waals surface area contributed by atoms with Crippen LogP contribution in [0.3, 0.4) is 0 Å². The maximum atomic E-state index is 11.5. The number of hydrogen-bond donors (Lipinski definition) is 2. The normalized spacial score (nSPS) is 25.7. The van der Waals surface area contributed by atoms with E-state index in [1.807, 2.05) is 0 Å². The van der Waals surface area contributed by atoms with Crippen molar-refractivity contribution >= 4 is 27.2 Å². The van der Waals surface area contributed by atoms with Crippen LogP contribution >= 0.6 is 12.2 Å². The van der Waals surface area contributed by atoms with Crippen LogP contribution in [-0.2, 0) is 10.0 Å². The lowest BCUT2D eigenvalue weighted by atomic mass is 9.81. The Hall–Kier alpha value is -0.200. The highest BCUT2D eigenvalue weighted by atomic mass is 32.2. The largest absolute Gasteiger partial charge is 0.392 e. The Morgan fingerprint density at radius 2 is 1.82 bits per heavy atom. The number of hydrogen-bond acceptors (Lipinski definition) is 3. The Bertz CT molecular complexity index is 346. The van der Waals surface area contributed by atoms with Crippen LogP contribution in [0, 0.1) is 11.8 Å². The zero-order valence-electron chi connectivity index (χ0n) is 10.3. The molecule has 0 aromatic carbocycles. The van der Waals surface area contributed by atoms with E-state index in [9.17, 15) is 8.42 Å². The summed E-state index contributed by atoms with van der Waals surface area (Å²) in [5.41, 5.74) is 5.24. The molecule has 100 valence electrons. The molecule has 0 spiro atoms. The standard InChI is InChI=1S/C11H22N2O2S2/c1-2-9-3-5-10(6-4-9)7-13-17(14,15)8-11(12)16/h9-10,13H,2-8H2,1H3,(H2,12,16). The smallest absolute Gasteiger partial charge is 0.218 e. The van der Waals surface area contributed by atoms with E-state index in [1.54, 1.807) is 0 Å². The van der Waals surface area contributed by atoms with Crippen molar-refractivity contribution in [3.63, 3.8) is 0 Å². The average Bonchev–Trinajstić information content (AvgIpc) is 2.25. The van der Waals surface area contributed by atoms with E-state index in [1.165, 1.54) is 19.3 Å². The van der Waals surface area contributed by atoms with Gasteiger partial charge in [0.05, 0.1) is 4.99 Å². The summed E-state index contributed by atoms with van der Waals surface area (Å²) in [5, 5.41) is 0. The Morgan fingerprint density at radius 3 is 2.29 bits per heavy atom. The Labute approximate surface area is 109 Å². The second-order valence-corrected chi connectivity index (χ2v) is 7.20. The van der Waals surface area contributed by atoms with Crippen LogP contribution in [0.5, 0.6) is 0 Å². The third kappa shape index (κ3) is 5.79. The van der Waals surface area contributed by atoms with Crippen molar-refractivity contribution in [3.05, 3.63) is 0 Å². The summed E-state index contributed by atoms with van der Waals surface area (Å²) in [6, 6.07) is 0. The number of thiocarbonyl (C=S) groups is 1. The predicted octanol–water partition coefficient (Wildman–Crippen LogP) is 1.41. The van der Waals surface area contributed by atoms with Gasteiger partial charge >= 0.3 is 0 Å². The molecule has 0 unspecified atom stereocenters. The lowest BCUT2D eigenvalue weighted by molar-refractivity contribution is 0.270. The summed E-state index contributed by atoms with van der Waals surface area (Å²) >= 11 is 4.60. The van der Waals surface area contributed by atoms with Crippen molar-refractivity contribution in [3.8, 4) is 0 Å². The summed E-state index contributed by atoms with van der Waals surface area (Å²) in [6.45, 7) is 2.75. The van der Waals surface area contributed by atoms with Gasteiger partial charge in [-0.05, 0) is 24.7 Å². The van der Waals surface area contributed by atoms with Gasteiger partial charge in [-0.2, -0.15) is 0 Å². The molecular weight excluding hydrogens is 256 g/mol. The predicted molar refractivity (Wildman–Crippen MR) is 74.3 cm³/mol. The average molecular weight is 278 g/mol. The fourth-order valence-corrected chi connectivity index (χ4v) is 3.76. The first-order valence-electron chi connectivity index (χ1n) is 6.18. The van der Waals surface area contributed by atoms with Crippen LogP contribution in [0.1, 0.15) is 39.0 Å². The minimum atomic E-state index is -3.32. The van der Waals surface area contributed by atoms with E-state index in [0.717, 1.165) is 18.8 Å². The Kier molecular flexibility index (Phi) is 5.82. The van der Waals surface area contributed by atoms with Crippen LogP contribution in [0.15, 0.2) is 0 Å². The van der Waals surface area contributed by atoms with Crippen molar-refractivity contribution < 1.29 is 8.42 Å². The minimum Gasteiger partial charge on any atom is -0.392 e. The monoisotopic (exact) mass is 278 g/mol. The Morgan fingerprint density at radius 1 is 1.29 bits per heavy atom. The van der Waals surface area contributed by atoms with Crippen molar-refractivity contribution in [2.45, 2.75) is 39.0 Å². The molecule has 1 rings (SSSR count). The lowest BCUT2D eigenvalue weighted by Crippen LogP contribution is -2.36. The van der Waals surface area contributed by atoms with Crippen LogP contribution in [0.4, 0.5) is 0 Å². The van der Waals surface area contributed by atoms with Crippen molar-refractivity contribution in [2.24, 2.45) is 17.6 Å². The molecule has 0 saturated heterocycles. The molecule has 1 aliphatic carbocycles. The maximum absolute atomic E-state index is 11.5. The first-order valence-corrected chi connectivity index (χ1v) is 8.24. The van der Waals surface area contributed by atoms with Gasteiger partial charge in [0.1, 0.15) is 5.75 Å². The summed E-state index contributed by atoms with van der Waals surface area (Å²) in [6.07, 6.45) is 5.92. The van der Waals surface area contributed by atoms with Gasteiger partial charge in [0.2, 0.25) is 10.0 Å². The van der Waals surface area contributed by atoms with E-state index < -0.39 is 10.0 Å². The van der Waals surface area contributed by atoms with Crippen molar-refractivity contribution in [2.75, 3.05) is 12.3 Å². The minimum absolute atomic E-state index is 0.0205. The third-order valence-electron chi connectivity index (χ3n) is 3.47. The lowest BCUT2D eigenvalue weighted by Gasteiger charge is -2.27. The molecule has 0 aliphatic heterocycles. The Balaban J connectivity index is 2.30. The van der Waals surface area contributed by atoms with Gasteiger partial charge < -0.3 is 5.73 Å². The van der Waals surface area contributed by atoms with Crippen molar-refractivity contribution in [1.82, 2.24) is 4.72 Å². The quantitative estimate of drug-likeness (QED) is 0.721. The molecule has 0 atom stereocenters. The highest BCUT2D eigenvalue weighted by Gasteiger charge is 2.21. The topological polar surface area (TPSA) is 72.2 Å². The van der Waals surface area contributed by atoms with Crippen LogP contribution < -0.4 is 10.5 Å². The maximum Gasteiger partial charge on any atom is 0.218 e. The highest BCUT2D eigenvalue weighted by Crippen LogP contribution is 2.30. The van der Waals surface area contributed by atoms with Gasteiger partial charge in [0, 0.05) is 6.54 Å². The first-order chi connectivity index (χ1) is 7.93. The second-order valence-electron chi connectivity index (χ2n) is 4.87. The van der Waals surface area contributed by atoms with Crippen LogP contribution in [-0.4, -0.2) is 25.7 Å². The molecule has 0 aromatic rings. The molecule has 0 amide bonds. The number of nitrogens with one attached hydrogen (secondary N) is 1. The van der Waals surface area contributed by atoms with Gasteiger partial charge in [-0.1, -0.05) is 38.4 Å². The number of sulfonamides is 1. The van der Waals surface area contributed by atoms with E-state index in [2.05, 4.69) is 23.9 Å². The second kappa shape index (κ2) is 6.66. The number of nitrogens with two attached hydrogens (primary N) is 1. The molecule has 0 radical (unpaired) electrons. The van der Waals surface area contributed by atoms with E-state index >= 15 is 0 Å². The molecule has 0 heterocycles. The molecule has 17 heavy (non-hydrogen) atoms. The summed E-state index contributed by atoms with van der Waals surface area (Å²) in [7, 11) is -3.32. The van der Waals surface area contributed by atoms with E-state index in [-0.39, 0.29) is 10.7 Å². The molecule has 1 saturated carbocycles. The molecule has 4 nitrogen and oxygen atoms in total. The van der Waals surface area contributed by atoms with Gasteiger partial charge in [-0.25, -0.2) is 13.1 Å². The van der Waals surface area contributed by atoms with Gasteiger partial charge in [-0.15, -0.1) is 0 Å². The molecule has 0 aromatic heterocycles. The first kappa shape index (κ1) is 14.9. The van der Waals surface area contributed by atoms with Crippen molar-refractivity contribution in [1.29, 1.82) is 0 Å². The molecule has 1 fully saturated rings. The van der Waals surface area contributed by atoms with E-state index in [0.29, 0.717) is 12.5 Å². The summed E-state index contributed by atoms with van der Waals surface area (Å²) in [4.78, 5) is 0.0205. The summed E-state index contributed by atoms with van der Waals surface area (Å²) < 4.78 is 25.6. The molecular formula is C11H22N2O2S2. The van der Waals surface area contributed by atoms with Crippen LogP contribution in [0.25, 0.3) is 0 Å². The SMILES string of the molecule is CCC1CCC(CNS(=O)(=O)CC(N)=S)CC1. The van der Waals surface area contributed by atoms with Gasteiger partial charge in [0.25, 0.3) is 0 Å².